The van der Waals surface area contributed by atoms with Crippen LogP contribution < -0.4 is 9.64 Å². The molecule has 1 atom stereocenters. The molecule has 1 saturated heterocycles. The quantitative estimate of drug-likeness (QED) is 0.382. The first-order valence-electron chi connectivity index (χ1n) is 9.05. The van der Waals surface area contributed by atoms with Crippen LogP contribution in [0.3, 0.4) is 0 Å². The normalized spacial score (nSPS) is 18.1. The lowest BCUT2D eigenvalue weighted by molar-refractivity contribution is -0.132. The first-order chi connectivity index (χ1) is 14.4. The van der Waals surface area contributed by atoms with Crippen LogP contribution in [0, 0.1) is 6.92 Å². The summed E-state index contributed by atoms with van der Waals surface area (Å²) in [5.74, 6) is -0.827. The van der Waals surface area contributed by atoms with Gasteiger partial charge in [-0.05, 0) is 36.8 Å². The van der Waals surface area contributed by atoms with E-state index < -0.39 is 17.7 Å². The van der Waals surface area contributed by atoms with Gasteiger partial charge in [0.05, 0.1) is 18.7 Å². The molecule has 152 valence electrons. The zero-order valence-corrected chi connectivity index (χ0v) is 16.9. The Bertz CT molecular complexity index is 1180. The van der Waals surface area contributed by atoms with Crippen LogP contribution in [-0.4, -0.2) is 29.1 Å². The summed E-state index contributed by atoms with van der Waals surface area (Å²) in [6.07, 6.45) is 0. The molecule has 0 radical (unpaired) electrons. The molecule has 4 rings (SSSR count). The van der Waals surface area contributed by atoms with Crippen molar-refractivity contribution >= 4 is 34.9 Å². The average Bonchev–Trinajstić information content (AvgIpc) is 3.28. The molecule has 1 fully saturated rings. The fourth-order valence-electron chi connectivity index (χ4n) is 3.45. The molecule has 2 aromatic carbocycles. The second kappa shape index (κ2) is 7.68. The Kier molecular flexibility index (Phi) is 5.05. The summed E-state index contributed by atoms with van der Waals surface area (Å²) in [5, 5.41) is 15.4. The molecule has 0 spiro atoms. The Morgan fingerprint density at radius 2 is 1.93 bits per heavy atom. The molecule has 0 saturated carbocycles. The molecule has 2 heterocycles. The van der Waals surface area contributed by atoms with Gasteiger partial charge < -0.3 is 14.4 Å². The van der Waals surface area contributed by atoms with Crippen LogP contribution in [0.5, 0.6) is 5.75 Å². The van der Waals surface area contributed by atoms with Gasteiger partial charge in [-0.1, -0.05) is 41.0 Å². The predicted molar refractivity (Wildman–Crippen MR) is 110 cm³/mol. The molecule has 1 aromatic heterocycles. The van der Waals surface area contributed by atoms with Crippen molar-refractivity contribution in [3.8, 4) is 5.75 Å². The van der Waals surface area contributed by atoms with Crippen molar-refractivity contribution in [1.29, 1.82) is 0 Å². The number of Topliss-reactive ketones (excluding diaryl/α,β-unsaturated/α-hetero) is 1. The van der Waals surface area contributed by atoms with Crippen LogP contribution in [0.2, 0.25) is 5.02 Å². The smallest absolute Gasteiger partial charge is 0.301 e. The third-order valence-corrected chi connectivity index (χ3v) is 5.05. The summed E-state index contributed by atoms with van der Waals surface area (Å²) in [4.78, 5) is 27.2. The largest absolute Gasteiger partial charge is 0.507 e. The maximum atomic E-state index is 13.0. The number of amides is 1. The van der Waals surface area contributed by atoms with Gasteiger partial charge in [-0.15, -0.1) is 0 Å². The Labute approximate surface area is 177 Å². The Balaban J connectivity index is 1.95. The van der Waals surface area contributed by atoms with Crippen molar-refractivity contribution in [3.63, 3.8) is 0 Å². The van der Waals surface area contributed by atoms with Crippen LogP contribution in [0.4, 0.5) is 5.82 Å². The number of hydrogen-bond acceptors (Lipinski definition) is 6. The third-order valence-electron chi connectivity index (χ3n) is 4.81. The number of ether oxygens (including phenoxy) is 1. The zero-order chi connectivity index (χ0) is 21.4. The van der Waals surface area contributed by atoms with Gasteiger partial charge in [0.2, 0.25) is 0 Å². The monoisotopic (exact) mass is 424 g/mol. The highest BCUT2D eigenvalue weighted by Gasteiger charge is 2.48. The third kappa shape index (κ3) is 3.33. The van der Waals surface area contributed by atoms with Gasteiger partial charge in [0.1, 0.15) is 17.3 Å². The van der Waals surface area contributed by atoms with E-state index in [1.807, 2.05) is 0 Å². The lowest BCUT2D eigenvalue weighted by Crippen LogP contribution is -2.29. The number of methoxy groups -OCH3 is 1. The number of aliphatic hydroxyl groups is 1. The number of anilines is 1. The maximum absolute atomic E-state index is 13.0. The lowest BCUT2D eigenvalue weighted by atomic mass is 9.95. The van der Waals surface area contributed by atoms with Crippen molar-refractivity contribution < 1.29 is 24.0 Å². The summed E-state index contributed by atoms with van der Waals surface area (Å²) in [6.45, 7) is 1.68. The second-order valence-electron chi connectivity index (χ2n) is 6.75. The van der Waals surface area contributed by atoms with Gasteiger partial charge >= 0.3 is 5.91 Å². The minimum Gasteiger partial charge on any atom is -0.507 e. The topological polar surface area (TPSA) is 92.9 Å². The molecule has 7 nitrogen and oxygen atoms in total. The van der Waals surface area contributed by atoms with Crippen molar-refractivity contribution in [2.75, 3.05) is 12.0 Å². The van der Waals surface area contributed by atoms with E-state index in [0.717, 1.165) is 0 Å². The Morgan fingerprint density at radius 3 is 2.60 bits per heavy atom. The van der Waals surface area contributed by atoms with Gasteiger partial charge in [0.25, 0.3) is 5.78 Å². The molecule has 0 aliphatic carbocycles. The van der Waals surface area contributed by atoms with Gasteiger partial charge in [-0.25, -0.2) is 0 Å². The van der Waals surface area contributed by atoms with Gasteiger partial charge in [0, 0.05) is 16.7 Å². The standard InChI is InChI=1S/C22H17ClN2O5/c1-12-9-17(24-30-12)25-19(13-5-3-7-15(23)10-13)18(21(27)22(25)28)20(26)14-6-4-8-16(11-14)29-2/h3-11,19,26H,1-2H3/b20-18+/t19-/m1/s1. The minimum absolute atomic E-state index is 0.0730. The molecular weight excluding hydrogens is 408 g/mol. The van der Waals surface area contributed by atoms with E-state index in [9.17, 15) is 14.7 Å². The summed E-state index contributed by atoms with van der Waals surface area (Å²) >= 11 is 6.16. The number of aliphatic hydroxyl groups excluding tert-OH is 1. The van der Waals surface area contributed by atoms with Crippen LogP contribution >= 0.6 is 11.6 Å². The predicted octanol–water partition coefficient (Wildman–Crippen LogP) is 4.27. The summed E-state index contributed by atoms with van der Waals surface area (Å²) in [5.41, 5.74) is 0.818. The molecule has 1 N–H and O–H groups in total. The van der Waals surface area contributed by atoms with E-state index in [4.69, 9.17) is 20.9 Å². The first kappa shape index (κ1) is 19.7. The number of benzene rings is 2. The van der Waals surface area contributed by atoms with Crippen molar-refractivity contribution in [2.24, 2.45) is 0 Å². The highest BCUT2D eigenvalue weighted by molar-refractivity contribution is 6.51. The fourth-order valence-corrected chi connectivity index (χ4v) is 3.65. The van der Waals surface area contributed by atoms with E-state index in [1.165, 1.54) is 12.0 Å². The summed E-state index contributed by atoms with van der Waals surface area (Å²) < 4.78 is 10.3. The first-order valence-corrected chi connectivity index (χ1v) is 9.42. The summed E-state index contributed by atoms with van der Waals surface area (Å²) in [7, 11) is 1.50. The van der Waals surface area contributed by atoms with Crippen LogP contribution in [0.25, 0.3) is 5.76 Å². The lowest BCUT2D eigenvalue weighted by Gasteiger charge is -2.23. The van der Waals surface area contributed by atoms with E-state index in [1.54, 1.807) is 61.5 Å². The number of ketones is 1. The number of carbonyl (C=O) groups is 2. The van der Waals surface area contributed by atoms with Gasteiger partial charge in [-0.2, -0.15) is 0 Å². The molecule has 0 unspecified atom stereocenters. The van der Waals surface area contributed by atoms with E-state index in [-0.39, 0.29) is 17.2 Å². The average molecular weight is 425 g/mol. The highest BCUT2D eigenvalue weighted by Crippen LogP contribution is 2.42. The van der Waals surface area contributed by atoms with E-state index in [2.05, 4.69) is 5.16 Å². The number of halogens is 1. The zero-order valence-electron chi connectivity index (χ0n) is 16.1. The molecule has 1 amide bonds. The molecular formula is C22H17ClN2O5. The number of carbonyl (C=O) groups excluding carboxylic acids is 2. The van der Waals surface area contributed by atoms with Crippen molar-refractivity contribution in [1.82, 2.24) is 5.16 Å². The highest BCUT2D eigenvalue weighted by atomic mass is 35.5. The number of rotatable bonds is 4. The summed E-state index contributed by atoms with van der Waals surface area (Å²) in [6, 6.07) is 14.0. The van der Waals surface area contributed by atoms with Crippen LogP contribution in [0.1, 0.15) is 22.9 Å². The number of aromatic nitrogens is 1. The maximum Gasteiger partial charge on any atom is 0.301 e. The number of hydrogen-bond donors (Lipinski definition) is 1. The minimum atomic E-state index is -0.931. The van der Waals surface area contributed by atoms with Crippen LogP contribution in [0.15, 0.2) is 64.7 Å². The molecule has 1 aliphatic rings. The molecule has 8 heteroatoms. The second-order valence-corrected chi connectivity index (χ2v) is 7.19. The Morgan fingerprint density at radius 1 is 1.17 bits per heavy atom. The molecule has 1 aliphatic heterocycles. The van der Waals surface area contributed by atoms with E-state index >= 15 is 0 Å². The van der Waals surface area contributed by atoms with E-state index in [0.29, 0.717) is 27.7 Å². The Hall–Kier alpha value is -3.58. The van der Waals surface area contributed by atoms with Crippen molar-refractivity contribution in [2.45, 2.75) is 13.0 Å². The van der Waals surface area contributed by atoms with Crippen molar-refractivity contribution in [3.05, 3.63) is 82.1 Å². The number of aryl methyl sites for hydroxylation is 1. The molecule has 3 aromatic rings. The molecule has 0 bridgehead atoms. The van der Waals surface area contributed by atoms with Crippen LogP contribution in [-0.2, 0) is 9.59 Å². The molecule has 30 heavy (non-hydrogen) atoms. The fraction of sp³-hybridized carbons (Fsp3) is 0.136. The van der Waals surface area contributed by atoms with Gasteiger partial charge in [0.15, 0.2) is 5.82 Å². The SMILES string of the molecule is COc1cccc(/C(O)=C2\C(=O)C(=O)N(c3cc(C)on3)[C@@H]2c2cccc(Cl)c2)c1. The van der Waals surface area contributed by atoms with Gasteiger partial charge in [-0.3, -0.25) is 14.5 Å². The number of nitrogens with zero attached hydrogens (tertiary/aromatic N) is 2.